The van der Waals surface area contributed by atoms with Crippen molar-refractivity contribution in [3.63, 3.8) is 0 Å². The smallest absolute Gasteiger partial charge is 0.164 e. The summed E-state index contributed by atoms with van der Waals surface area (Å²) in [6.07, 6.45) is 0. The first-order chi connectivity index (χ1) is 34.9. The second-order valence-corrected chi connectivity index (χ2v) is 19.2. The molecule has 14 rings (SSSR count). The number of fused-ring (bicyclic) bond motifs is 9. The lowest BCUT2D eigenvalue weighted by Gasteiger charge is -2.21. The molecule has 0 saturated carbocycles. The van der Waals surface area contributed by atoms with E-state index < -0.39 is 0 Å². The largest absolute Gasteiger partial charge is 0.309 e. The van der Waals surface area contributed by atoms with Crippen molar-refractivity contribution >= 4 is 43.6 Å². The Bertz CT molecular complexity index is 4180. The van der Waals surface area contributed by atoms with E-state index in [1.165, 1.54) is 77.0 Å². The van der Waals surface area contributed by atoms with Crippen molar-refractivity contribution < 1.29 is 0 Å². The van der Waals surface area contributed by atoms with Gasteiger partial charge in [-0.05, 0) is 117 Å². The number of hydrogen-bond acceptors (Lipinski definition) is 3. The molecule has 1 aliphatic carbocycles. The molecule has 5 heteroatoms. The molecule has 334 valence electrons. The van der Waals surface area contributed by atoms with Crippen LogP contribution in [-0.2, 0) is 5.41 Å². The first-order valence-electron chi connectivity index (χ1n) is 24.3. The van der Waals surface area contributed by atoms with Crippen LogP contribution in [0.15, 0.2) is 237 Å². The number of para-hydroxylation sites is 2. The monoisotopic (exact) mass is 907 g/mol. The standard InChI is InChI=1S/C66H45N5/c1-66(2)57-30-14-12-28-51(57)53-40-56-55-39-47(46-32-34-60-54(38-46)52-29-13-15-31-59(52)70(60)49-25-10-5-11-26-49)33-35-61(55)71(62(56)41-58(53)66)50-27-17-23-45(37-50)44-22-16-24-48(36-44)65-68-63(42-18-6-3-7-19-42)67-64(69-65)43-20-8-4-9-21-43/h3-41H,1-2H3. The van der Waals surface area contributed by atoms with E-state index in [2.05, 4.69) is 199 Å². The van der Waals surface area contributed by atoms with Crippen LogP contribution in [0.1, 0.15) is 25.0 Å². The summed E-state index contributed by atoms with van der Waals surface area (Å²) in [5.74, 6) is 1.92. The van der Waals surface area contributed by atoms with Gasteiger partial charge < -0.3 is 9.13 Å². The number of rotatable bonds is 7. The SMILES string of the molecule is CC1(C)c2ccccc2-c2cc3c4cc(-c5ccc6c(c5)c5ccccc5n6-c5ccccc5)ccc4n(-c4cccc(-c5cccc(-c6nc(-c7ccccc7)nc(-c7ccccc7)n6)c5)c4)c3cc21. The highest BCUT2D eigenvalue weighted by Crippen LogP contribution is 2.51. The topological polar surface area (TPSA) is 48.5 Å². The van der Waals surface area contributed by atoms with E-state index in [0.29, 0.717) is 17.5 Å². The average molecular weight is 908 g/mol. The molecule has 3 aromatic heterocycles. The Kier molecular flexibility index (Phi) is 9.17. The normalized spacial score (nSPS) is 12.8. The number of aromatic nitrogens is 5. The highest BCUT2D eigenvalue weighted by atomic mass is 15.0. The van der Waals surface area contributed by atoms with E-state index in [4.69, 9.17) is 15.0 Å². The average Bonchev–Trinajstić information content (AvgIpc) is 4.02. The van der Waals surface area contributed by atoms with E-state index in [0.717, 1.165) is 39.2 Å². The minimum absolute atomic E-state index is 0.154. The zero-order chi connectivity index (χ0) is 47.2. The summed E-state index contributed by atoms with van der Waals surface area (Å²) in [6.45, 7) is 4.73. The molecule has 0 spiro atoms. The van der Waals surface area contributed by atoms with Crippen LogP contribution in [0.2, 0.25) is 0 Å². The molecular weight excluding hydrogens is 863 g/mol. The maximum absolute atomic E-state index is 5.06. The Morgan fingerprint density at radius 1 is 0.282 bits per heavy atom. The summed E-state index contributed by atoms with van der Waals surface area (Å²) in [5.41, 5.74) is 19.6. The molecule has 10 aromatic carbocycles. The van der Waals surface area contributed by atoms with Crippen molar-refractivity contribution in [2.45, 2.75) is 19.3 Å². The van der Waals surface area contributed by atoms with Crippen LogP contribution in [-0.4, -0.2) is 24.1 Å². The van der Waals surface area contributed by atoms with E-state index in [1.807, 2.05) is 60.7 Å². The third kappa shape index (κ3) is 6.58. The van der Waals surface area contributed by atoms with Gasteiger partial charge in [-0.3, -0.25) is 0 Å². The van der Waals surface area contributed by atoms with E-state index in [9.17, 15) is 0 Å². The lowest BCUT2D eigenvalue weighted by Crippen LogP contribution is -2.14. The molecule has 0 aliphatic heterocycles. The summed E-state index contributed by atoms with van der Waals surface area (Å²) in [4.78, 5) is 15.1. The molecule has 0 amide bonds. The van der Waals surface area contributed by atoms with Crippen LogP contribution >= 0.6 is 0 Å². The summed E-state index contributed by atoms with van der Waals surface area (Å²) in [7, 11) is 0. The first kappa shape index (κ1) is 40.8. The molecule has 71 heavy (non-hydrogen) atoms. The Morgan fingerprint density at radius 3 is 1.44 bits per heavy atom. The summed E-state index contributed by atoms with van der Waals surface area (Å²) in [6, 6.07) is 85.1. The van der Waals surface area contributed by atoms with Gasteiger partial charge in [-0.15, -0.1) is 0 Å². The van der Waals surface area contributed by atoms with Gasteiger partial charge in [-0.1, -0.05) is 178 Å². The van der Waals surface area contributed by atoms with Crippen LogP contribution in [0, 0.1) is 0 Å². The Hall–Kier alpha value is -9.19. The molecule has 0 radical (unpaired) electrons. The van der Waals surface area contributed by atoms with E-state index >= 15 is 0 Å². The molecule has 1 aliphatic rings. The first-order valence-corrected chi connectivity index (χ1v) is 24.3. The van der Waals surface area contributed by atoms with Crippen LogP contribution in [0.25, 0.3) is 123 Å². The fourth-order valence-corrected chi connectivity index (χ4v) is 11.3. The van der Waals surface area contributed by atoms with Gasteiger partial charge in [0.25, 0.3) is 0 Å². The minimum Gasteiger partial charge on any atom is -0.309 e. The third-order valence-corrected chi connectivity index (χ3v) is 14.7. The van der Waals surface area contributed by atoms with Crippen molar-refractivity contribution in [3.05, 3.63) is 248 Å². The fourth-order valence-electron chi connectivity index (χ4n) is 11.3. The predicted molar refractivity (Wildman–Crippen MR) is 293 cm³/mol. The Balaban J connectivity index is 0.927. The lowest BCUT2D eigenvalue weighted by atomic mass is 9.82. The highest BCUT2D eigenvalue weighted by molar-refractivity contribution is 6.14. The molecule has 0 fully saturated rings. The van der Waals surface area contributed by atoms with Crippen molar-refractivity contribution in [2.24, 2.45) is 0 Å². The fraction of sp³-hybridized carbons (Fsp3) is 0.0455. The van der Waals surface area contributed by atoms with Gasteiger partial charge >= 0.3 is 0 Å². The summed E-state index contributed by atoms with van der Waals surface area (Å²) >= 11 is 0. The second kappa shape index (κ2) is 15.9. The van der Waals surface area contributed by atoms with E-state index in [1.54, 1.807) is 0 Å². The third-order valence-electron chi connectivity index (χ3n) is 14.7. The Morgan fingerprint density at radius 2 is 0.746 bits per heavy atom. The van der Waals surface area contributed by atoms with Crippen LogP contribution in [0.5, 0.6) is 0 Å². The molecule has 0 atom stereocenters. The molecule has 0 N–H and O–H groups in total. The van der Waals surface area contributed by atoms with Crippen LogP contribution in [0.3, 0.4) is 0 Å². The van der Waals surface area contributed by atoms with Crippen LogP contribution in [0.4, 0.5) is 0 Å². The maximum Gasteiger partial charge on any atom is 0.164 e. The number of nitrogens with zero attached hydrogens (tertiary/aromatic N) is 5. The molecule has 0 bridgehead atoms. The van der Waals surface area contributed by atoms with Gasteiger partial charge in [-0.25, -0.2) is 15.0 Å². The van der Waals surface area contributed by atoms with Gasteiger partial charge in [0.05, 0.1) is 22.1 Å². The number of benzene rings is 10. The molecular formula is C66H45N5. The minimum atomic E-state index is -0.154. The second-order valence-electron chi connectivity index (χ2n) is 19.2. The zero-order valence-corrected chi connectivity index (χ0v) is 39.3. The lowest BCUT2D eigenvalue weighted by molar-refractivity contribution is 0.661. The summed E-state index contributed by atoms with van der Waals surface area (Å²) < 4.78 is 4.86. The van der Waals surface area contributed by atoms with Crippen molar-refractivity contribution in [1.82, 2.24) is 24.1 Å². The van der Waals surface area contributed by atoms with Crippen molar-refractivity contribution in [2.75, 3.05) is 0 Å². The molecule has 0 unspecified atom stereocenters. The van der Waals surface area contributed by atoms with Crippen LogP contribution < -0.4 is 0 Å². The highest BCUT2D eigenvalue weighted by Gasteiger charge is 2.36. The molecule has 3 heterocycles. The van der Waals surface area contributed by atoms with E-state index in [-0.39, 0.29) is 5.41 Å². The molecule has 13 aromatic rings. The van der Waals surface area contributed by atoms with Crippen molar-refractivity contribution in [1.29, 1.82) is 0 Å². The van der Waals surface area contributed by atoms with Crippen molar-refractivity contribution in [3.8, 4) is 78.9 Å². The molecule has 0 saturated heterocycles. The maximum atomic E-state index is 5.06. The van der Waals surface area contributed by atoms with Gasteiger partial charge in [0.15, 0.2) is 17.5 Å². The predicted octanol–water partition coefficient (Wildman–Crippen LogP) is 16.7. The Labute approximate surface area is 411 Å². The quantitative estimate of drug-likeness (QED) is 0.160. The van der Waals surface area contributed by atoms with Gasteiger partial charge in [0, 0.05) is 55.0 Å². The zero-order valence-electron chi connectivity index (χ0n) is 39.3. The summed E-state index contributed by atoms with van der Waals surface area (Å²) in [5, 5.41) is 4.95. The molecule has 5 nitrogen and oxygen atoms in total. The van der Waals surface area contributed by atoms with Gasteiger partial charge in [0.1, 0.15) is 0 Å². The number of hydrogen-bond donors (Lipinski definition) is 0. The van der Waals surface area contributed by atoms with Gasteiger partial charge in [-0.2, -0.15) is 0 Å². The van der Waals surface area contributed by atoms with Gasteiger partial charge in [0.2, 0.25) is 0 Å².